The van der Waals surface area contributed by atoms with E-state index in [9.17, 15) is 13.2 Å². The zero-order chi connectivity index (χ0) is 21.6. The average molecular weight is 438 g/mol. The molecule has 2 saturated heterocycles. The number of nitrogens with zero attached hydrogens (tertiary/aromatic N) is 3. The minimum Gasteiger partial charge on any atom is -0.379 e. The summed E-state index contributed by atoms with van der Waals surface area (Å²) < 4.78 is 33.2. The highest BCUT2D eigenvalue weighted by Crippen LogP contribution is 2.29. The van der Waals surface area contributed by atoms with E-state index in [1.54, 1.807) is 12.1 Å². The highest BCUT2D eigenvalue weighted by Gasteiger charge is 2.29. The van der Waals surface area contributed by atoms with Crippen molar-refractivity contribution in [2.75, 3.05) is 57.4 Å². The molecule has 0 atom stereocenters. The molecule has 2 aliphatic rings. The van der Waals surface area contributed by atoms with Crippen LogP contribution in [0.1, 0.15) is 56.3 Å². The standard InChI is InChI=1S/C22H35N3O4S/c1-3-10-24(11-4-2)22(26)20-18-19(30(27,28)25-14-16-29-17-15-25)8-9-21(20)23-12-6-5-7-13-23/h8-9,18H,3-7,10-17H2,1-2H3. The summed E-state index contributed by atoms with van der Waals surface area (Å²) in [6.45, 7) is 8.75. The van der Waals surface area contributed by atoms with Gasteiger partial charge in [0, 0.05) is 45.0 Å². The van der Waals surface area contributed by atoms with E-state index in [4.69, 9.17) is 4.74 Å². The fourth-order valence-electron chi connectivity index (χ4n) is 4.22. The van der Waals surface area contributed by atoms with Crippen molar-refractivity contribution in [2.24, 2.45) is 0 Å². The van der Waals surface area contributed by atoms with Gasteiger partial charge in [0.15, 0.2) is 0 Å². The molecule has 30 heavy (non-hydrogen) atoms. The van der Waals surface area contributed by atoms with Crippen molar-refractivity contribution in [2.45, 2.75) is 50.8 Å². The Morgan fingerprint density at radius 1 is 1.00 bits per heavy atom. The van der Waals surface area contributed by atoms with Gasteiger partial charge in [0.25, 0.3) is 5.91 Å². The van der Waals surface area contributed by atoms with Gasteiger partial charge in [-0.2, -0.15) is 4.31 Å². The van der Waals surface area contributed by atoms with E-state index in [-0.39, 0.29) is 10.8 Å². The lowest BCUT2D eigenvalue weighted by molar-refractivity contribution is 0.0729. The zero-order valence-electron chi connectivity index (χ0n) is 18.3. The molecule has 7 nitrogen and oxygen atoms in total. The summed E-state index contributed by atoms with van der Waals surface area (Å²) in [6.07, 6.45) is 5.12. The van der Waals surface area contributed by atoms with Crippen molar-refractivity contribution in [3.05, 3.63) is 23.8 Å². The molecule has 0 saturated carbocycles. The third-order valence-electron chi connectivity index (χ3n) is 5.78. The van der Waals surface area contributed by atoms with Gasteiger partial charge in [-0.25, -0.2) is 8.42 Å². The molecule has 2 fully saturated rings. The molecule has 1 aromatic carbocycles. The number of benzene rings is 1. The molecule has 0 spiro atoms. The number of amides is 1. The normalized spacial score (nSPS) is 18.4. The maximum Gasteiger partial charge on any atom is 0.256 e. The van der Waals surface area contributed by atoms with Gasteiger partial charge in [0.1, 0.15) is 0 Å². The molecule has 0 aromatic heterocycles. The Labute approximate surface area is 181 Å². The number of sulfonamides is 1. The Bertz CT molecular complexity index is 810. The number of hydrogen-bond donors (Lipinski definition) is 0. The second-order valence-electron chi connectivity index (χ2n) is 8.04. The first-order valence-corrected chi connectivity index (χ1v) is 12.7. The van der Waals surface area contributed by atoms with Crippen molar-refractivity contribution < 1.29 is 17.9 Å². The molecule has 8 heteroatoms. The maximum absolute atomic E-state index is 13.5. The lowest BCUT2D eigenvalue weighted by atomic mass is 10.1. The number of piperidine rings is 1. The summed E-state index contributed by atoms with van der Waals surface area (Å²) in [5.74, 6) is -0.0710. The van der Waals surface area contributed by atoms with Gasteiger partial charge < -0.3 is 14.5 Å². The molecule has 168 valence electrons. The fourth-order valence-corrected chi connectivity index (χ4v) is 5.65. The number of carbonyl (C=O) groups is 1. The number of rotatable bonds is 8. The van der Waals surface area contributed by atoms with E-state index in [0.717, 1.165) is 44.5 Å². The predicted octanol–water partition coefficient (Wildman–Crippen LogP) is 2.96. The van der Waals surface area contributed by atoms with Crippen LogP contribution in [0.15, 0.2) is 23.1 Å². The Morgan fingerprint density at radius 2 is 1.63 bits per heavy atom. The van der Waals surface area contributed by atoms with E-state index in [2.05, 4.69) is 18.7 Å². The number of morpholine rings is 1. The topological polar surface area (TPSA) is 70.2 Å². The average Bonchev–Trinajstić information content (AvgIpc) is 2.79. The second-order valence-corrected chi connectivity index (χ2v) is 9.97. The molecule has 0 unspecified atom stereocenters. The summed E-state index contributed by atoms with van der Waals surface area (Å²) in [5.41, 5.74) is 1.37. The minimum atomic E-state index is -3.65. The lowest BCUT2D eigenvalue weighted by Crippen LogP contribution is -2.41. The summed E-state index contributed by atoms with van der Waals surface area (Å²) in [4.78, 5) is 17.8. The predicted molar refractivity (Wildman–Crippen MR) is 119 cm³/mol. The molecular weight excluding hydrogens is 402 g/mol. The van der Waals surface area contributed by atoms with E-state index in [1.165, 1.54) is 10.7 Å². The number of hydrogen-bond acceptors (Lipinski definition) is 5. The van der Waals surface area contributed by atoms with Gasteiger partial charge in [0.05, 0.1) is 23.7 Å². The van der Waals surface area contributed by atoms with Gasteiger partial charge in [-0.3, -0.25) is 4.79 Å². The van der Waals surface area contributed by atoms with Gasteiger partial charge in [0.2, 0.25) is 10.0 Å². The highest BCUT2D eigenvalue weighted by atomic mass is 32.2. The SMILES string of the molecule is CCCN(CCC)C(=O)c1cc(S(=O)(=O)N2CCOCC2)ccc1N1CCCCC1. The van der Waals surface area contributed by atoms with Gasteiger partial charge in [-0.1, -0.05) is 13.8 Å². The van der Waals surface area contributed by atoms with Crippen molar-refractivity contribution in [1.82, 2.24) is 9.21 Å². The van der Waals surface area contributed by atoms with E-state index < -0.39 is 10.0 Å². The second kappa shape index (κ2) is 10.6. The zero-order valence-corrected chi connectivity index (χ0v) is 19.1. The van der Waals surface area contributed by atoms with E-state index in [0.29, 0.717) is 45.0 Å². The molecule has 2 aliphatic heterocycles. The quantitative estimate of drug-likeness (QED) is 0.625. The third kappa shape index (κ3) is 5.15. The summed E-state index contributed by atoms with van der Waals surface area (Å²) >= 11 is 0. The van der Waals surface area contributed by atoms with Crippen LogP contribution in [0.4, 0.5) is 5.69 Å². The Kier molecular flexibility index (Phi) is 8.13. The van der Waals surface area contributed by atoms with Crippen molar-refractivity contribution in [3.63, 3.8) is 0 Å². The van der Waals surface area contributed by atoms with Crippen LogP contribution in [0, 0.1) is 0 Å². The first kappa shape index (κ1) is 23.0. The minimum absolute atomic E-state index is 0.0710. The van der Waals surface area contributed by atoms with Crippen LogP contribution in [-0.4, -0.2) is 76.0 Å². The largest absolute Gasteiger partial charge is 0.379 e. The van der Waals surface area contributed by atoms with Gasteiger partial charge in [-0.05, 0) is 50.3 Å². The van der Waals surface area contributed by atoms with Crippen molar-refractivity contribution in [1.29, 1.82) is 0 Å². The van der Waals surface area contributed by atoms with Gasteiger partial charge >= 0.3 is 0 Å². The summed E-state index contributed by atoms with van der Waals surface area (Å²) in [6, 6.07) is 5.10. The van der Waals surface area contributed by atoms with Crippen LogP contribution >= 0.6 is 0 Å². The van der Waals surface area contributed by atoms with Crippen LogP contribution in [0.2, 0.25) is 0 Å². The molecule has 1 aromatic rings. The Hall–Kier alpha value is -1.64. The summed E-state index contributed by atoms with van der Waals surface area (Å²) in [5, 5.41) is 0. The fraction of sp³-hybridized carbons (Fsp3) is 0.682. The molecule has 0 radical (unpaired) electrons. The third-order valence-corrected chi connectivity index (χ3v) is 7.67. The molecule has 0 N–H and O–H groups in total. The Morgan fingerprint density at radius 3 is 2.23 bits per heavy atom. The monoisotopic (exact) mass is 437 g/mol. The molecular formula is C22H35N3O4S. The first-order chi connectivity index (χ1) is 14.5. The number of anilines is 1. The lowest BCUT2D eigenvalue weighted by Gasteiger charge is -2.32. The highest BCUT2D eigenvalue weighted by molar-refractivity contribution is 7.89. The van der Waals surface area contributed by atoms with Crippen LogP contribution in [0.3, 0.4) is 0 Å². The maximum atomic E-state index is 13.5. The smallest absolute Gasteiger partial charge is 0.256 e. The molecule has 1 amide bonds. The van der Waals surface area contributed by atoms with Gasteiger partial charge in [-0.15, -0.1) is 0 Å². The molecule has 0 bridgehead atoms. The van der Waals surface area contributed by atoms with Crippen LogP contribution < -0.4 is 4.90 Å². The summed E-state index contributed by atoms with van der Waals surface area (Å²) in [7, 11) is -3.65. The molecule has 2 heterocycles. The molecule has 3 rings (SSSR count). The molecule has 0 aliphatic carbocycles. The van der Waals surface area contributed by atoms with Crippen molar-refractivity contribution >= 4 is 21.6 Å². The van der Waals surface area contributed by atoms with Crippen LogP contribution in [0.25, 0.3) is 0 Å². The first-order valence-electron chi connectivity index (χ1n) is 11.2. The number of carbonyl (C=O) groups excluding carboxylic acids is 1. The van der Waals surface area contributed by atoms with Crippen LogP contribution in [0.5, 0.6) is 0 Å². The van der Waals surface area contributed by atoms with Crippen LogP contribution in [-0.2, 0) is 14.8 Å². The number of ether oxygens (including phenoxy) is 1. The van der Waals surface area contributed by atoms with E-state index >= 15 is 0 Å². The Balaban J connectivity index is 2.00. The van der Waals surface area contributed by atoms with E-state index in [1.807, 2.05) is 11.0 Å². The van der Waals surface area contributed by atoms with Crippen molar-refractivity contribution in [3.8, 4) is 0 Å².